The van der Waals surface area contributed by atoms with E-state index in [1.807, 2.05) is 20.8 Å². The average Bonchev–Trinajstić information content (AvgIpc) is 2.75. The molecule has 10 heteroatoms. The molecule has 2 rings (SSSR count). The van der Waals surface area contributed by atoms with Gasteiger partial charge in [-0.1, -0.05) is 0 Å². The molecule has 0 saturated carbocycles. The first kappa shape index (κ1) is 25.3. The molecule has 0 aliphatic rings. The van der Waals surface area contributed by atoms with E-state index in [1.54, 1.807) is 12.1 Å². The van der Waals surface area contributed by atoms with Crippen LogP contribution in [0.5, 0.6) is 23.0 Å². The highest BCUT2D eigenvalue weighted by molar-refractivity contribution is 7.89. The number of methoxy groups -OCH3 is 1. The number of ether oxygens (including phenoxy) is 4. The number of carbonyl (C=O) groups is 1. The zero-order valence-electron chi connectivity index (χ0n) is 19.2. The van der Waals surface area contributed by atoms with E-state index < -0.39 is 15.9 Å². The predicted octanol–water partition coefficient (Wildman–Crippen LogP) is 3.39. The van der Waals surface area contributed by atoms with Crippen molar-refractivity contribution in [2.45, 2.75) is 25.7 Å². The molecule has 32 heavy (non-hydrogen) atoms. The van der Waals surface area contributed by atoms with Crippen molar-refractivity contribution in [1.82, 2.24) is 4.31 Å². The lowest BCUT2D eigenvalue weighted by molar-refractivity contribution is 0.102. The summed E-state index contributed by atoms with van der Waals surface area (Å²) in [7, 11) is 0.604. The van der Waals surface area contributed by atoms with E-state index in [0.29, 0.717) is 42.8 Å². The standard InChI is InChI=1S/C22H30N2O7S/c1-7-29-19-12-15(13-20(30-8-2)21(19)31-9-3)22(25)23-17-14-16(10-11-18(17)28-6)32(26,27)24(4)5/h10-14H,7-9H2,1-6H3,(H,23,25). The highest BCUT2D eigenvalue weighted by Gasteiger charge is 2.22. The van der Waals surface area contributed by atoms with Crippen LogP contribution in [-0.4, -0.2) is 59.7 Å². The van der Waals surface area contributed by atoms with Crippen molar-refractivity contribution in [2.75, 3.05) is 46.3 Å². The SMILES string of the molecule is CCOc1cc(C(=O)Nc2cc(S(=O)(=O)N(C)C)ccc2OC)cc(OCC)c1OCC. The van der Waals surface area contributed by atoms with E-state index in [2.05, 4.69) is 5.32 Å². The lowest BCUT2D eigenvalue weighted by Gasteiger charge is -2.18. The third-order valence-corrected chi connectivity index (χ3v) is 6.18. The Morgan fingerprint density at radius 2 is 1.47 bits per heavy atom. The van der Waals surface area contributed by atoms with Crippen molar-refractivity contribution in [3.63, 3.8) is 0 Å². The fraction of sp³-hybridized carbons (Fsp3) is 0.409. The summed E-state index contributed by atoms with van der Waals surface area (Å²) in [6, 6.07) is 7.37. The van der Waals surface area contributed by atoms with Gasteiger partial charge in [-0.2, -0.15) is 0 Å². The molecule has 9 nitrogen and oxygen atoms in total. The van der Waals surface area contributed by atoms with Crippen molar-refractivity contribution in [3.05, 3.63) is 35.9 Å². The normalized spacial score (nSPS) is 11.2. The molecule has 0 radical (unpaired) electrons. The Morgan fingerprint density at radius 3 is 1.94 bits per heavy atom. The molecule has 0 aliphatic heterocycles. The number of nitrogens with zero attached hydrogens (tertiary/aromatic N) is 1. The van der Waals surface area contributed by atoms with Gasteiger partial charge in [-0.3, -0.25) is 4.79 Å². The number of carbonyl (C=O) groups excluding carboxylic acids is 1. The van der Waals surface area contributed by atoms with Crippen molar-refractivity contribution >= 4 is 21.6 Å². The lowest BCUT2D eigenvalue weighted by Crippen LogP contribution is -2.22. The molecule has 2 aromatic carbocycles. The third-order valence-electron chi connectivity index (χ3n) is 4.37. The molecule has 2 aromatic rings. The topological polar surface area (TPSA) is 103 Å². The third kappa shape index (κ3) is 5.63. The van der Waals surface area contributed by atoms with Gasteiger partial charge >= 0.3 is 0 Å². The highest BCUT2D eigenvalue weighted by Crippen LogP contribution is 2.39. The maximum absolute atomic E-state index is 13.1. The van der Waals surface area contributed by atoms with E-state index in [0.717, 1.165) is 4.31 Å². The van der Waals surface area contributed by atoms with E-state index in [9.17, 15) is 13.2 Å². The summed E-state index contributed by atoms with van der Waals surface area (Å²) in [5.74, 6) is 0.997. The van der Waals surface area contributed by atoms with Crippen LogP contribution in [-0.2, 0) is 10.0 Å². The number of benzene rings is 2. The first-order chi connectivity index (χ1) is 15.2. The van der Waals surface area contributed by atoms with Crippen molar-refractivity contribution < 1.29 is 32.2 Å². The van der Waals surface area contributed by atoms with Crippen LogP contribution >= 0.6 is 0 Å². The number of anilines is 1. The van der Waals surface area contributed by atoms with Gasteiger partial charge in [0.05, 0.1) is 37.5 Å². The molecule has 0 fully saturated rings. The van der Waals surface area contributed by atoms with Gasteiger partial charge in [0, 0.05) is 19.7 Å². The number of sulfonamides is 1. The first-order valence-electron chi connectivity index (χ1n) is 10.2. The molecule has 0 saturated heterocycles. The van der Waals surface area contributed by atoms with Gasteiger partial charge in [0.25, 0.3) is 5.91 Å². The number of hydrogen-bond acceptors (Lipinski definition) is 7. The molecule has 1 amide bonds. The van der Waals surface area contributed by atoms with E-state index >= 15 is 0 Å². The van der Waals surface area contributed by atoms with Crippen LogP contribution in [0.3, 0.4) is 0 Å². The van der Waals surface area contributed by atoms with Crippen LogP contribution in [0.2, 0.25) is 0 Å². The minimum Gasteiger partial charge on any atom is -0.495 e. The number of amides is 1. The second-order valence-corrected chi connectivity index (χ2v) is 8.86. The zero-order valence-corrected chi connectivity index (χ0v) is 20.0. The number of hydrogen-bond donors (Lipinski definition) is 1. The fourth-order valence-electron chi connectivity index (χ4n) is 2.87. The Hall–Kier alpha value is -2.98. The van der Waals surface area contributed by atoms with Gasteiger partial charge < -0.3 is 24.3 Å². The second kappa shape index (κ2) is 11.1. The lowest BCUT2D eigenvalue weighted by atomic mass is 10.1. The molecule has 0 aromatic heterocycles. The van der Waals surface area contributed by atoms with Crippen LogP contribution in [0.1, 0.15) is 31.1 Å². The predicted molar refractivity (Wildman–Crippen MR) is 122 cm³/mol. The summed E-state index contributed by atoms with van der Waals surface area (Å²) in [5, 5.41) is 2.72. The number of nitrogens with one attached hydrogen (secondary N) is 1. The van der Waals surface area contributed by atoms with Gasteiger partial charge in [-0.05, 0) is 51.1 Å². The second-order valence-electron chi connectivity index (χ2n) is 6.70. The van der Waals surface area contributed by atoms with Crippen molar-refractivity contribution in [3.8, 4) is 23.0 Å². The summed E-state index contributed by atoms with van der Waals surface area (Å²) in [4.78, 5) is 13.1. The smallest absolute Gasteiger partial charge is 0.256 e. The summed E-state index contributed by atoms with van der Waals surface area (Å²) < 4.78 is 48.4. The molecule has 0 unspecified atom stereocenters. The largest absolute Gasteiger partial charge is 0.495 e. The first-order valence-corrected chi connectivity index (χ1v) is 11.6. The van der Waals surface area contributed by atoms with Crippen LogP contribution in [0.15, 0.2) is 35.2 Å². The van der Waals surface area contributed by atoms with Crippen molar-refractivity contribution in [2.24, 2.45) is 0 Å². The Balaban J connectivity index is 2.50. The Labute approximate surface area is 189 Å². The minimum atomic E-state index is -3.69. The molecule has 0 aliphatic carbocycles. The maximum atomic E-state index is 13.1. The van der Waals surface area contributed by atoms with Crippen LogP contribution < -0.4 is 24.3 Å². The molecular weight excluding hydrogens is 436 g/mol. The number of rotatable bonds is 11. The van der Waals surface area contributed by atoms with E-state index in [1.165, 1.54) is 39.4 Å². The van der Waals surface area contributed by atoms with Crippen LogP contribution in [0.25, 0.3) is 0 Å². The van der Waals surface area contributed by atoms with Crippen molar-refractivity contribution in [1.29, 1.82) is 0 Å². The molecule has 0 bridgehead atoms. The van der Waals surface area contributed by atoms with Gasteiger partial charge in [0.2, 0.25) is 15.8 Å². The summed E-state index contributed by atoms with van der Waals surface area (Å²) in [5.41, 5.74) is 0.466. The Morgan fingerprint density at radius 1 is 0.906 bits per heavy atom. The quantitative estimate of drug-likeness (QED) is 0.541. The van der Waals surface area contributed by atoms with Gasteiger partial charge in [0.15, 0.2) is 11.5 Å². The Bertz CT molecular complexity index is 1030. The minimum absolute atomic E-state index is 0.0234. The maximum Gasteiger partial charge on any atom is 0.256 e. The monoisotopic (exact) mass is 466 g/mol. The summed E-state index contributed by atoms with van der Waals surface area (Å²) in [6.07, 6.45) is 0. The molecule has 1 N–H and O–H groups in total. The molecule has 0 heterocycles. The molecule has 176 valence electrons. The molecule has 0 spiro atoms. The Kier molecular flexibility index (Phi) is 8.73. The van der Waals surface area contributed by atoms with Crippen LogP contribution in [0.4, 0.5) is 5.69 Å². The summed E-state index contributed by atoms with van der Waals surface area (Å²) in [6.45, 7) is 6.63. The average molecular weight is 467 g/mol. The van der Waals surface area contributed by atoms with Gasteiger partial charge in [-0.25, -0.2) is 12.7 Å². The molecule has 0 atom stereocenters. The fourth-order valence-corrected chi connectivity index (χ4v) is 3.80. The van der Waals surface area contributed by atoms with Gasteiger partial charge in [-0.15, -0.1) is 0 Å². The molecular formula is C22H30N2O7S. The summed E-state index contributed by atoms with van der Waals surface area (Å²) >= 11 is 0. The van der Waals surface area contributed by atoms with E-state index in [4.69, 9.17) is 18.9 Å². The highest BCUT2D eigenvalue weighted by atomic mass is 32.2. The van der Waals surface area contributed by atoms with Crippen LogP contribution in [0, 0.1) is 0 Å². The zero-order chi connectivity index (χ0) is 23.9. The van der Waals surface area contributed by atoms with E-state index in [-0.39, 0.29) is 16.1 Å². The van der Waals surface area contributed by atoms with Gasteiger partial charge in [0.1, 0.15) is 5.75 Å².